The van der Waals surface area contributed by atoms with Crippen LogP contribution in [0.15, 0.2) is 93.5 Å². The Kier molecular flexibility index (Phi) is 5.86. The van der Waals surface area contributed by atoms with Crippen molar-refractivity contribution < 1.29 is 20.4 Å². The molecule has 38 heavy (non-hydrogen) atoms. The van der Waals surface area contributed by atoms with E-state index in [1.807, 2.05) is 12.1 Å². The summed E-state index contributed by atoms with van der Waals surface area (Å²) in [5.41, 5.74) is 0.253. The number of rotatable bonds is 5. The number of aromatic nitrogens is 2. The average Bonchev–Trinajstić information content (AvgIpc) is 3.61. The highest BCUT2D eigenvalue weighted by atomic mass is 32.1. The van der Waals surface area contributed by atoms with Gasteiger partial charge in [-0.25, -0.2) is 9.97 Å². The van der Waals surface area contributed by atoms with E-state index in [1.165, 1.54) is 22.7 Å². The molecule has 0 aliphatic heterocycles. The summed E-state index contributed by atoms with van der Waals surface area (Å²) >= 11 is 2.52. The summed E-state index contributed by atoms with van der Waals surface area (Å²) in [6.45, 7) is 0. The van der Waals surface area contributed by atoms with Gasteiger partial charge >= 0.3 is 0 Å². The fourth-order valence-corrected chi connectivity index (χ4v) is 5.34. The highest BCUT2D eigenvalue weighted by Gasteiger charge is 2.14. The maximum absolute atomic E-state index is 10.3. The molecule has 0 spiro atoms. The van der Waals surface area contributed by atoms with Gasteiger partial charge in [-0.3, -0.25) is 0 Å². The molecule has 0 bridgehead atoms. The van der Waals surface area contributed by atoms with E-state index in [4.69, 9.17) is 0 Å². The van der Waals surface area contributed by atoms with E-state index in [0.717, 1.165) is 20.5 Å². The van der Waals surface area contributed by atoms with Gasteiger partial charge in [-0.15, -0.1) is 20.5 Å². The van der Waals surface area contributed by atoms with Crippen LogP contribution in [0.2, 0.25) is 0 Å². The Morgan fingerprint density at radius 2 is 0.947 bits per heavy atom. The predicted octanol–water partition coefficient (Wildman–Crippen LogP) is 8.23. The van der Waals surface area contributed by atoms with Crippen LogP contribution in [0.1, 0.15) is 0 Å². The molecule has 0 atom stereocenters. The lowest BCUT2D eigenvalue weighted by molar-refractivity contribution is 0.409. The number of benzene rings is 4. The molecule has 10 nitrogen and oxygen atoms in total. The molecule has 0 radical (unpaired) electrons. The van der Waals surface area contributed by atoms with Crippen LogP contribution >= 0.6 is 22.7 Å². The molecule has 4 N–H and O–H groups in total. The van der Waals surface area contributed by atoms with E-state index < -0.39 is 0 Å². The lowest BCUT2D eigenvalue weighted by Gasteiger charge is -2.05. The topological polar surface area (TPSA) is 156 Å². The standard InChI is InChI=1S/C26H16N6O4S2/c33-21-15-7-3-1-5-13(15)9-17(23(21)35)29-31-25-27-11-19(37-25)20-12-28-26(38-20)32-30-18-10-14-6-2-4-8-16(14)22(34)24(18)36/h1-12,33-36H. The van der Waals surface area contributed by atoms with Crippen LogP contribution in [0.25, 0.3) is 31.3 Å². The Hall–Kier alpha value is -4.94. The molecular formula is C26H16N6O4S2. The Bertz CT molecular complexity index is 1760. The number of phenolic OH excluding ortho intramolecular Hbond substituents is 4. The molecule has 0 aliphatic carbocycles. The first-order valence-corrected chi connectivity index (χ1v) is 12.7. The van der Waals surface area contributed by atoms with Crippen molar-refractivity contribution in [1.82, 2.24) is 9.97 Å². The zero-order valence-electron chi connectivity index (χ0n) is 19.2. The molecule has 6 aromatic rings. The first-order valence-electron chi connectivity index (χ1n) is 11.1. The minimum Gasteiger partial charge on any atom is -0.504 e. The molecule has 12 heteroatoms. The van der Waals surface area contributed by atoms with Crippen LogP contribution < -0.4 is 0 Å². The van der Waals surface area contributed by atoms with Crippen molar-refractivity contribution in [2.75, 3.05) is 0 Å². The summed E-state index contributed by atoms with van der Waals surface area (Å²) in [5, 5.41) is 60.7. The van der Waals surface area contributed by atoms with E-state index in [2.05, 4.69) is 30.4 Å². The molecule has 0 fully saturated rings. The molecule has 6 rings (SSSR count). The first-order chi connectivity index (χ1) is 18.5. The summed E-state index contributed by atoms with van der Waals surface area (Å²) in [6.07, 6.45) is 3.25. The minimum atomic E-state index is -0.354. The van der Waals surface area contributed by atoms with Crippen molar-refractivity contribution in [2.45, 2.75) is 0 Å². The second kappa shape index (κ2) is 9.50. The van der Waals surface area contributed by atoms with Gasteiger partial charge in [-0.05, 0) is 22.9 Å². The van der Waals surface area contributed by atoms with Crippen LogP contribution in [-0.4, -0.2) is 30.4 Å². The minimum absolute atomic E-state index is 0.126. The molecule has 0 aliphatic rings. The van der Waals surface area contributed by atoms with Crippen LogP contribution in [0.4, 0.5) is 21.6 Å². The predicted molar refractivity (Wildman–Crippen MR) is 146 cm³/mol. The summed E-state index contributed by atoms with van der Waals surface area (Å²) < 4.78 is 0. The fraction of sp³-hybridized carbons (Fsp3) is 0. The highest BCUT2D eigenvalue weighted by Crippen LogP contribution is 2.44. The number of fused-ring (bicyclic) bond motifs is 2. The monoisotopic (exact) mass is 540 g/mol. The van der Waals surface area contributed by atoms with Crippen LogP contribution in [0.5, 0.6) is 23.0 Å². The zero-order valence-corrected chi connectivity index (χ0v) is 20.8. The maximum Gasteiger partial charge on any atom is 0.230 e. The van der Waals surface area contributed by atoms with Gasteiger partial charge in [0.1, 0.15) is 11.4 Å². The third-order valence-electron chi connectivity index (χ3n) is 5.67. The number of hydrogen-bond acceptors (Lipinski definition) is 12. The van der Waals surface area contributed by atoms with E-state index >= 15 is 0 Å². The van der Waals surface area contributed by atoms with E-state index in [0.29, 0.717) is 21.0 Å². The molecule has 0 amide bonds. The lowest BCUT2D eigenvalue weighted by Crippen LogP contribution is -1.76. The molecule has 4 aromatic carbocycles. The van der Waals surface area contributed by atoms with Crippen molar-refractivity contribution >= 4 is 65.9 Å². The van der Waals surface area contributed by atoms with Gasteiger partial charge in [0.05, 0.1) is 9.75 Å². The lowest BCUT2D eigenvalue weighted by atomic mass is 10.1. The second-order valence-electron chi connectivity index (χ2n) is 8.04. The number of aromatic hydroxyl groups is 4. The maximum atomic E-state index is 10.3. The Balaban J connectivity index is 1.22. The van der Waals surface area contributed by atoms with Crippen molar-refractivity contribution in [3.05, 3.63) is 73.1 Å². The van der Waals surface area contributed by atoms with Gasteiger partial charge in [-0.2, -0.15) is 0 Å². The van der Waals surface area contributed by atoms with E-state index in [-0.39, 0.29) is 34.4 Å². The van der Waals surface area contributed by atoms with Crippen LogP contribution in [0, 0.1) is 0 Å². The SMILES string of the molecule is Oc1c(N=Nc2ncc(-c3cnc(N=Nc4cc5ccccc5c(O)c4O)s3)s2)cc2ccccc2c1O. The van der Waals surface area contributed by atoms with E-state index in [9.17, 15) is 20.4 Å². The van der Waals surface area contributed by atoms with Gasteiger partial charge in [0.2, 0.25) is 10.3 Å². The van der Waals surface area contributed by atoms with E-state index in [1.54, 1.807) is 60.9 Å². The molecule has 0 unspecified atom stereocenters. The molecule has 2 heterocycles. The largest absolute Gasteiger partial charge is 0.504 e. The fourth-order valence-electron chi connectivity index (χ4n) is 3.80. The number of hydrogen-bond donors (Lipinski definition) is 4. The smallest absolute Gasteiger partial charge is 0.230 e. The quantitative estimate of drug-likeness (QED) is 0.127. The Labute approximate surface area is 222 Å². The van der Waals surface area contributed by atoms with Crippen molar-refractivity contribution in [2.24, 2.45) is 20.5 Å². The number of azo groups is 2. The third-order valence-corrected chi connectivity index (χ3v) is 7.63. The molecular weight excluding hydrogens is 524 g/mol. The zero-order chi connectivity index (χ0) is 26.2. The highest BCUT2D eigenvalue weighted by molar-refractivity contribution is 7.25. The molecule has 186 valence electrons. The van der Waals surface area contributed by atoms with Gasteiger partial charge in [-0.1, -0.05) is 71.2 Å². The van der Waals surface area contributed by atoms with Gasteiger partial charge in [0.25, 0.3) is 0 Å². The average molecular weight is 541 g/mol. The van der Waals surface area contributed by atoms with Crippen molar-refractivity contribution in [1.29, 1.82) is 0 Å². The third kappa shape index (κ3) is 4.27. The summed E-state index contributed by atoms with van der Waals surface area (Å²) in [6, 6.07) is 17.5. The summed E-state index contributed by atoms with van der Waals surface area (Å²) in [5.74, 6) is -1.22. The van der Waals surface area contributed by atoms with Gasteiger partial charge in [0, 0.05) is 23.2 Å². The molecule has 0 saturated carbocycles. The Morgan fingerprint density at radius 1 is 0.526 bits per heavy atom. The van der Waals surface area contributed by atoms with Gasteiger partial charge in [0.15, 0.2) is 23.0 Å². The molecule has 0 saturated heterocycles. The first kappa shape index (κ1) is 23.5. The number of phenols is 4. The normalized spacial score (nSPS) is 11.9. The van der Waals surface area contributed by atoms with Gasteiger partial charge < -0.3 is 20.4 Å². The second-order valence-corrected chi connectivity index (χ2v) is 10.1. The Morgan fingerprint density at radius 3 is 1.39 bits per heavy atom. The summed E-state index contributed by atoms with van der Waals surface area (Å²) in [4.78, 5) is 10.1. The summed E-state index contributed by atoms with van der Waals surface area (Å²) in [7, 11) is 0. The number of thiazole rings is 2. The van der Waals surface area contributed by atoms with Crippen molar-refractivity contribution in [3.63, 3.8) is 0 Å². The molecule has 2 aromatic heterocycles. The van der Waals surface area contributed by atoms with Crippen LogP contribution in [0.3, 0.4) is 0 Å². The van der Waals surface area contributed by atoms with Crippen LogP contribution in [-0.2, 0) is 0 Å². The number of nitrogens with zero attached hydrogens (tertiary/aromatic N) is 6. The van der Waals surface area contributed by atoms with Crippen molar-refractivity contribution in [3.8, 4) is 32.8 Å².